The zero-order valence-electron chi connectivity index (χ0n) is 14.0. The summed E-state index contributed by atoms with van der Waals surface area (Å²) < 4.78 is 0. The number of piperidine rings is 1. The second-order valence-corrected chi connectivity index (χ2v) is 6.27. The number of hydrogen-bond donors (Lipinski definition) is 2. The Morgan fingerprint density at radius 2 is 1.84 bits per heavy atom. The van der Waals surface area contributed by atoms with Crippen LogP contribution < -0.4 is 10.6 Å². The molecule has 1 aromatic carbocycles. The SMILES string of the molecule is c1ccc(Nc2cc(-c3ccncc3)nc(C3CCCNC3)n2)cc1. The molecule has 1 atom stereocenters. The lowest BCUT2D eigenvalue weighted by Crippen LogP contribution is -2.29. The maximum atomic E-state index is 4.85. The third-order valence-corrected chi connectivity index (χ3v) is 4.43. The van der Waals surface area contributed by atoms with Gasteiger partial charge in [-0.25, -0.2) is 9.97 Å². The molecule has 2 N–H and O–H groups in total. The fraction of sp³-hybridized carbons (Fsp3) is 0.250. The first kappa shape index (κ1) is 15.7. The van der Waals surface area contributed by atoms with Crippen molar-refractivity contribution in [3.05, 3.63) is 66.7 Å². The smallest absolute Gasteiger partial charge is 0.135 e. The van der Waals surface area contributed by atoms with E-state index in [0.717, 1.165) is 54.5 Å². The summed E-state index contributed by atoms with van der Waals surface area (Å²) in [6, 6.07) is 16.1. The van der Waals surface area contributed by atoms with Crippen molar-refractivity contribution in [2.75, 3.05) is 18.4 Å². The van der Waals surface area contributed by atoms with Crippen molar-refractivity contribution in [1.82, 2.24) is 20.3 Å². The highest BCUT2D eigenvalue weighted by Crippen LogP contribution is 2.27. The lowest BCUT2D eigenvalue weighted by atomic mass is 9.98. The van der Waals surface area contributed by atoms with Crippen molar-refractivity contribution in [3.8, 4) is 11.3 Å². The molecule has 126 valence electrons. The minimum Gasteiger partial charge on any atom is -0.340 e. The third kappa shape index (κ3) is 3.83. The Kier molecular flexibility index (Phi) is 4.65. The van der Waals surface area contributed by atoms with E-state index in [2.05, 4.69) is 15.6 Å². The number of benzene rings is 1. The monoisotopic (exact) mass is 331 g/mol. The Bertz CT molecular complexity index is 814. The third-order valence-electron chi connectivity index (χ3n) is 4.43. The van der Waals surface area contributed by atoms with Gasteiger partial charge < -0.3 is 10.6 Å². The molecule has 1 fully saturated rings. The van der Waals surface area contributed by atoms with E-state index in [1.807, 2.05) is 48.5 Å². The van der Waals surface area contributed by atoms with Crippen molar-refractivity contribution in [3.63, 3.8) is 0 Å². The van der Waals surface area contributed by atoms with Gasteiger partial charge in [-0.05, 0) is 43.7 Å². The molecule has 3 heterocycles. The van der Waals surface area contributed by atoms with Crippen molar-refractivity contribution < 1.29 is 0 Å². The molecule has 4 rings (SSSR count). The molecule has 5 nitrogen and oxygen atoms in total. The first-order chi connectivity index (χ1) is 12.4. The fourth-order valence-electron chi connectivity index (χ4n) is 3.12. The van der Waals surface area contributed by atoms with Crippen LogP contribution in [0.5, 0.6) is 0 Å². The molecule has 1 saturated heterocycles. The van der Waals surface area contributed by atoms with Gasteiger partial charge in [0, 0.05) is 42.2 Å². The largest absolute Gasteiger partial charge is 0.340 e. The molecular weight excluding hydrogens is 310 g/mol. The zero-order valence-corrected chi connectivity index (χ0v) is 14.0. The highest BCUT2D eigenvalue weighted by Gasteiger charge is 2.19. The number of para-hydroxylation sites is 1. The predicted molar refractivity (Wildman–Crippen MR) is 99.8 cm³/mol. The quantitative estimate of drug-likeness (QED) is 0.762. The van der Waals surface area contributed by atoms with Crippen molar-refractivity contribution in [2.45, 2.75) is 18.8 Å². The van der Waals surface area contributed by atoms with Crippen LogP contribution in [0.3, 0.4) is 0 Å². The number of hydrogen-bond acceptors (Lipinski definition) is 5. The minimum absolute atomic E-state index is 0.354. The molecule has 0 bridgehead atoms. The number of aromatic nitrogens is 3. The van der Waals surface area contributed by atoms with Gasteiger partial charge in [-0.3, -0.25) is 4.98 Å². The van der Waals surface area contributed by atoms with Gasteiger partial charge in [0.05, 0.1) is 5.69 Å². The average molecular weight is 331 g/mol. The van der Waals surface area contributed by atoms with Gasteiger partial charge in [-0.1, -0.05) is 18.2 Å². The highest BCUT2D eigenvalue weighted by molar-refractivity contribution is 5.65. The van der Waals surface area contributed by atoms with Crippen LogP contribution in [0.25, 0.3) is 11.3 Å². The summed E-state index contributed by atoms with van der Waals surface area (Å²) in [5.41, 5.74) is 3.00. The van der Waals surface area contributed by atoms with E-state index in [4.69, 9.17) is 9.97 Å². The minimum atomic E-state index is 0.354. The van der Waals surface area contributed by atoms with E-state index in [9.17, 15) is 0 Å². The summed E-state index contributed by atoms with van der Waals surface area (Å²) >= 11 is 0. The fourth-order valence-corrected chi connectivity index (χ4v) is 3.12. The first-order valence-electron chi connectivity index (χ1n) is 8.71. The van der Waals surface area contributed by atoms with E-state index in [1.165, 1.54) is 0 Å². The van der Waals surface area contributed by atoms with Gasteiger partial charge in [0.2, 0.25) is 0 Å². The lowest BCUT2D eigenvalue weighted by molar-refractivity contribution is 0.447. The molecule has 1 unspecified atom stereocenters. The van der Waals surface area contributed by atoms with Crippen LogP contribution in [0.4, 0.5) is 11.5 Å². The maximum absolute atomic E-state index is 4.85. The van der Waals surface area contributed by atoms with Crippen LogP contribution in [-0.4, -0.2) is 28.0 Å². The molecule has 3 aromatic rings. The maximum Gasteiger partial charge on any atom is 0.135 e. The molecule has 5 heteroatoms. The summed E-state index contributed by atoms with van der Waals surface area (Å²) in [6.07, 6.45) is 5.87. The zero-order chi connectivity index (χ0) is 16.9. The first-order valence-corrected chi connectivity index (χ1v) is 8.71. The van der Waals surface area contributed by atoms with E-state index in [-0.39, 0.29) is 0 Å². The van der Waals surface area contributed by atoms with Crippen LogP contribution >= 0.6 is 0 Å². The van der Waals surface area contributed by atoms with Crippen LogP contribution in [0, 0.1) is 0 Å². The van der Waals surface area contributed by atoms with Gasteiger partial charge >= 0.3 is 0 Å². The molecule has 0 amide bonds. The number of nitrogens with zero attached hydrogens (tertiary/aromatic N) is 3. The molecule has 2 aromatic heterocycles. The second kappa shape index (κ2) is 7.40. The molecule has 0 radical (unpaired) electrons. The van der Waals surface area contributed by atoms with Gasteiger partial charge in [0.15, 0.2) is 0 Å². The topological polar surface area (TPSA) is 62.7 Å². The molecule has 25 heavy (non-hydrogen) atoms. The molecular formula is C20H21N5. The summed E-state index contributed by atoms with van der Waals surface area (Å²) in [6.45, 7) is 2.01. The number of pyridine rings is 1. The van der Waals surface area contributed by atoms with Gasteiger partial charge in [-0.2, -0.15) is 0 Å². The van der Waals surface area contributed by atoms with Crippen LogP contribution in [0.1, 0.15) is 24.6 Å². The van der Waals surface area contributed by atoms with Crippen LogP contribution in [-0.2, 0) is 0 Å². The summed E-state index contributed by atoms with van der Waals surface area (Å²) in [5, 5.41) is 6.86. The summed E-state index contributed by atoms with van der Waals surface area (Å²) in [5.74, 6) is 2.08. The molecule has 0 aliphatic carbocycles. The number of nitrogens with one attached hydrogen (secondary N) is 2. The van der Waals surface area contributed by atoms with Crippen molar-refractivity contribution in [1.29, 1.82) is 0 Å². The van der Waals surface area contributed by atoms with Gasteiger partial charge in [0.1, 0.15) is 11.6 Å². The van der Waals surface area contributed by atoms with E-state index < -0.39 is 0 Å². The lowest BCUT2D eigenvalue weighted by Gasteiger charge is -2.22. The standard InChI is InChI=1S/C20H21N5/c1-2-6-17(7-3-1)23-19-13-18(15-8-11-21-12-9-15)24-20(25-19)16-5-4-10-22-14-16/h1-3,6-9,11-13,16,22H,4-5,10,14H2,(H,23,24,25). The molecule has 1 aliphatic rings. The number of anilines is 2. The van der Waals surface area contributed by atoms with Gasteiger partial charge in [0.25, 0.3) is 0 Å². The predicted octanol–water partition coefficient (Wildman–Crippen LogP) is 3.75. The molecule has 0 spiro atoms. The van der Waals surface area contributed by atoms with Gasteiger partial charge in [-0.15, -0.1) is 0 Å². The highest BCUT2D eigenvalue weighted by atomic mass is 15.0. The average Bonchev–Trinajstić information content (AvgIpc) is 2.70. The Labute approximate surface area is 147 Å². The normalized spacial score (nSPS) is 17.2. The molecule has 1 aliphatic heterocycles. The van der Waals surface area contributed by atoms with Crippen LogP contribution in [0.2, 0.25) is 0 Å². The van der Waals surface area contributed by atoms with Crippen molar-refractivity contribution >= 4 is 11.5 Å². The van der Waals surface area contributed by atoms with E-state index in [0.29, 0.717) is 5.92 Å². The summed E-state index contributed by atoms with van der Waals surface area (Å²) in [4.78, 5) is 13.8. The Morgan fingerprint density at radius 3 is 2.60 bits per heavy atom. The second-order valence-electron chi connectivity index (χ2n) is 6.27. The number of rotatable bonds is 4. The Morgan fingerprint density at radius 1 is 1.00 bits per heavy atom. The Balaban J connectivity index is 1.72. The van der Waals surface area contributed by atoms with E-state index in [1.54, 1.807) is 12.4 Å². The van der Waals surface area contributed by atoms with Crippen molar-refractivity contribution in [2.24, 2.45) is 0 Å². The molecule has 0 saturated carbocycles. The Hall–Kier alpha value is -2.79. The van der Waals surface area contributed by atoms with E-state index >= 15 is 0 Å². The van der Waals surface area contributed by atoms with Crippen LogP contribution in [0.15, 0.2) is 60.9 Å². The summed E-state index contributed by atoms with van der Waals surface area (Å²) in [7, 11) is 0.